The van der Waals surface area contributed by atoms with Crippen molar-refractivity contribution >= 4 is 12.2 Å². The van der Waals surface area contributed by atoms with Gasteiger partial charge in [-0.15, -0.1) is 0 Å². The smallest absolute Gasteiger partial charge is 0.226 e. The summed E-state index contributed by atoms with van der Waals surface area (Å²) in [6, 6.07) is -1.15. The fourth-order valence-corrected chi connectivity index (χ4v) is 2.10. The molecule has 1 rings (SSSR count). The summed E-state index contributed by atoms with van der Waals surface area (Å²) in [5.74, 6) is -2.88. The third-order valence-electron chi connectivity index (χ3n) is 3.08. The molecule has 6 atom stereocenters. The van der Waals surface area contributed by atoms with E-state index in [0.29, 0.717) is 0 Å². The van der Waals surface area contributed by atoms with Gasteiger partial charge >= 0.3 is 0 Å². The monoisotopic (exact) mass is 293 g/mol. The van der Waals surface area contributed by atoms with Crippen molar-refractivity contribution in [1.82, 2.24) is 5.32 Å². The first-order valence-corrected chi connectivity index (χ1v) is 6.02. The molecule has 0 aromatic rings. The Balaban J connectivity index is 3.01. The van der Waals surface area contributed by atoms with Crippen LogP contribution in [0.15, 0.2) is 0 Å². The normalized spacial score (nSPS) is 37.0. The number of nitrogens with one attached hydrogen (secondary N) is 1. The second-order valence-corrected chi connectivity index (χ2v) is 4.78. The van der Waals surface area contributed by atoms with E-state index in [0.717, 1.165) is 0 Å². The lowest BCUT2D eigenvalue weighted by Crippen LogP contribution is -2.66. The molecule has 1 amide bonds. The zero-order valence-electron chi connectivity index (χ0n) is 10.8. The number of rotatable bonds is 5. The number of aliphatic hydroxyl groups is 5. The van der Waals surface area contributed by atoms with Crippen LogP contribution in [0, 0.1) is 0 Å². The van der Waals surface area contributed by atoms with Crippen LogP contribution >= 0.6 is 0 Å². The molecule has 0 aromatic heterocycles. The molecule has 116 valence electrons. The topological polar surface area (TPSA) is 157 Å². The van der Waals surface area contributed by atoms with Gasteiger partial charge in [0.2, 0.25) is 11.7 Å². The molecule has 9 heteroatoms. The molecule has 20 heavy (non-hydrogen) atoms. The molecule has 4 unspecified atom stereocenters. The largest absolute Gasteiger partial charge is 0.394 e. The zero-order valence-corrected chi connectivity index (χ0v) is 10.8. The van der Waals surface area contributed by atoms with E-state index in [-0.39, 0.29) is 6.29 Å². The number of carbonyl (C=O) groups excluding carboxylic acids is 2. The van der Waals surface area contributed by atoms with Gasteiger partial charge in [-0.2, -0.15) is 0 Å². The maximum Gasteiger partial charge on any atom is 0.226 e. The van der Waals surface area contributed by atoms with Gasteiger partial charge < -0.3 is 35.6 Å². The van der Waals surface area contributed by atoms with Crippen molar-refractivity contribution in [3.05, 3.63) is 0 Å². The van der Waals surface area contributed by atoms with Gasteiger partial charge in [0, 0.05) is 13.3 Å². The Bertz CT molecular complexity index is 364. The van der Waals surface area contributed by atoms with Crippen molar-refractivity contribution in [1.29, 1.82) is 0 Å². The highest BCUT2D eigenvalue weighted by Crippen LogP contribution is 2.28. The summed E-state index contributed by atoms with van der Waals surface area (Å²) in [5.41, 5.74) is 0. The Morgan fingerprint density at radius 2 is 2.15 bits per heavy atom. The quantitative estimate of drug-likeness (QED) is 0.282. The predicted octanol–water partition coefficient (Wildman–Crippen LogP) is -3.76. The third kappa shape index (κ3) is 3.72. The highest BCUT2D eigenvalue weighted by Gasteiger charge is 2.50. The van der Waals surface area contributed by atoms with E-state index < -0.39 is 55.2 Å². The summed E-state index contributed by atoms with van der Waals surface area (Å²) in [4.78, 5) is 21.9. The zero-order chi connectivity index (χ0) is 15.5. The summed E-state index contributed by atoms with van der Waals surface area (Å²) >= 11 is 0. The van der Waals surface area contributed by atoms with Gasteiger partial charge in [0.25, 0.3) is 0 Å². The molecule has 9 nitrogen and oxygen atoms in total. The van der Waals surface area contributed by atoms with Gasteiger partial charge in [-0.05, 0) is 0 Å². The van der Waals surface area contributed by atoms with Gasteiger partial charge in [-0.25, -0.2) is 0 Å². The highest BCUT2D eigenvalue weighted by atomic mass is 16.6. The predicted molar refractivity (Wildman–Crippen MR) is 63.2 cm³/mol. The van der Waals surface area contributed by atoms with Crippen LogP contribution in [0.1, 0.15) is 13.3 Å². The number of hydrogen-bond donors (Lipinski definition) is 6. The Labute approximate surface area is 114 Å². The Hall–Kier alpha value is -1.10. The molecule has 1 fully saturated rings. The van der Waals surface area contributed by atoms with E-state index in [4.69, 9.17) is 9.84 Å². The Kier molecular flexibility index (Phi) is 5.57. The summed E-state index contributed by atoms with van der Waals surface area (Å²) < 4.78 is 4.98. The summed E-state index contributed by atoms with van der Waals surface area (Å²) in [6.45, 7) is 0.364. The molecule has 1 heterocycles. The minimum Gasteiger partial charge on any atom is -0.394 e. The van der Waals surface area contributed by atoms with Crippen LogP contribution in [0.25, 0.3) is 0 Å². The molecule has 1 aliphatic rings. The van der Waals surface area contributed by atoms with Crippen molar-refractivity contribution in [2.75, 3.05) is 6.61 Å². The number of amides is 1. The fraction of sp³-hybridized carbons (Fsp3) is 0.818. The second kappa shape index (κ2) is 6.57. The molecule has 1 saturated heterocycles. The van der Waals surface area contributed by atoms with Gasteiger partial charge in [-0.3, -0.25) is 9.59 Å². The summed E-state index contributed by atoms with van der Waals surface area (Å²) in [6.07, 6.45) is -6.66. The molecular weight excluding hydrogens is 274 g/mol. The molecule has 0 aromatic carbocycles. The summed E-state index contributed by atoms with van der Waals surface area (Å²) in [5, 5.41) is 50.0. The van der Waals surface area contributed by atoms with Crippen molar-refractivity contribution in [3.63, 3.8) is 0 Å². The first kappa shape index (κ1) is 17.0. The molecule has 0 spiro atoms. The maximum atomic E-state index is 11.1. The van der Waals surface area contributed by atoms with E-state index in [1.165, 1.54) is 6.92 Å². The Morgan fingerprint density at radius 3 is 2.60 bits per heavy atom. The third-order valence-corrected chi connectivity index (χ3v) is 3.08. The molecule has 0 bridgehead atoms. The average Bonchev–Trinajstić information content (AvgIpc) is 2.39. The lowest BCUT2D eigenvalue weighted by Gasteiger charge is -2.44. The van der Waals surface area contributed by atoms with E-state index in [1.54, 1.807) is 0 Å². The highest BCUT2D eigenvalue weighted by molar-refractivity contribution is 5.73. The standard InChI is InChI=1S/C11H19NO8/c1-5(15)12-8-6(16)2-11(19,4-14)20-10(8)9(18)7(17)3-13/h4,6-10,13,16-19H,2-3H2,1H3,(H,12,15)/t6?,7?,8-,9?,10?,11+/m1/s1. The Morgan fingerprint density at radius 1 is 1.55 bits per heavy atom. The number of aldehydes is 1. The maximum absolute atomic E-state index is 11.1. The molecule has 1 aliphatic heterocycles. The van der Waals surface area contributed by atoms with E-state index in [9.17, 15) is 30.0 Å². The van der Waals surface area contributed by atoms with E-state index in [2.05, 4.69) is 5.32 Å². The van der Waals surface area contributed by atoms with Crippen molar-refractivity contribution in [2.24, 2.45) is 0 Å². The lowest BCUT2D eigenvalue weighted by molar-refractivity contribution is -0.280. The van der Waals surface area contributed by atoms with Gasteiger partial charge in [0.05, 0.1) is 18.8 Å². The minimum atomic E-state index is -2.34. The van der Waals surface area contributed by atoms with E-state index in [1.807, 2.05) is 0 Å². The number of hydrogen-bond acceptors (Lipinski definition) is 8. The van der Waals surface area contributed by atoms with E-state index >= 15 is 0 Å². The van der Waals surface area contributed by atoms with Crippen LogP contribution < -0.4 is 5.32 Å². The van der Waals surface area contributed by atoms with Crippen LogP contribution in [-0.4, -0.2) is 80.6 Å². The number of ether oxygens (including phenoxy) is 1. The van der Waals surface area contributed by atoms with Crippen LogP contribution in [0.2, 0.25) is 0 Å². The molecule has 0 radical (unpaired) electrons. The molecular formula is C11H19NO8. The first-order valence-electron chi connectivity index (χ1n) is 6.02. The lowest BCUT2D eigenvalue weighted by atomic mass is 9.89. The van der Waals surface area contributed by atoms with Crippen LogP contribution in [0.4, 0.5) is 0 Å². The average molecular weight is 293 g/mol. The van der Waals surface area contributed by atoms with Gasteiger partial charge in [0.15, 0.2) is 6.29 Å². The summed E-state index contributed by atoms with van der Waals surface area (Å²) in [7, 11) is 0. The van der Waals surface area contributed by atoms with Gasteiger partial charge in [-0.1, -0.05) is 0 Å². The van der Waals surface area contributed by atoms with Crippen LogP contribution in [0.3, 0.4) is 0 Å². The van der Waals surface area contributed by atoms with Crippen LogP contribution in [-0.2, 0) is 14.3 Å². The first-order chi connectivity index (χ1) is 9.24. The molecule has 0 aliphatic carbocycles. The van der Waals surface area contributed by atoms with Crippen LogP contribution in [0.5, 0.6) is 0 Å². The van der Waals surface area contributed by atoms with Crippen molar-refractivity contribution < 1.29 is 39.9 Å². The SMILES string of the molecule is CC(=O)N[C@@H]1C(O)C[C@@](O)(C=O)OC1C(O)C(O)CO. The second-order valence-electron chi connectivity index (χ2n) is 4.78. The minimum absolute atomic E-state index is 0.0469. The van der Waals surface area contributed by atoms with Crippen molar-refractivity contribution in [2.45, 2.75) is 49.6 Å². The molecule has 0 saturated carbocycles. The van der Waals surface area contributed by atoms with Crippen molar-refractivity contribution in [3.8, 4) is 0 Å². The molecule has 6 N–H and O–H groups in total. The fourth-order valence-electron chi connectivity index (χ4n) is 2.10. The number of carbonyl (C=O) groups is 2. The number of aliphatic hydroxyl groups excluding tert-OH is 4. The van der Waals surface area contributed by atoms with Gasteiger partial charge in [0.1, 0.15) is 18.3 Å².